The molecule has 1 aromatic rings. The van der Waals surface area contributed by atoms with Crippen LogP contribution in [0.4, 0.5) is 0 Å². The number of rotatable bonds is 4. The van der Waals surface area contributed by atoms with Gasteiger partial charge in [-0.05, 0) is 30.5 Å². The number of carbonyl (C=O) groups is 2. The van der Waals surface area contributed by atoms with E-state index in [2.05, 4.69) is 17.8 Å². The lowest BCUT2D eigenvalue weighted by Gasteiger charge is -2.07. The predicted octanol–water partition coefficient (Wildman–Crippen LogP) is 1.81. The highest BCUT2D eigenvalue weighted by Crippen LogP contribution is 2.04. The van der Waals surface area contributed by atoms with E-state index >= 15 is 0 Å². The summed E-state index contributed by atoms with van der Waals surface area (Å²) >= 11 is 0. The molecule has 2 N–H and O–H groups in total. The second kappa shape index (κ2) is 6.68. The Kier molecular flexibility index (Phi) is 5.20. The molecular formula is C13H18N2O2. The molecule has 0 unspecified atom stereocenters. The predicted molar refractivity (Wildman–Crippen MR) is 66.3 cm³/mol. The molecule has 0 spiro atoms. The summed E-state index contributed by atoms with van der Waals surface area (Å²) in [6.07, 6.45) is 2.11. The van der Waals surface area contributed by atoms with Crippen molar-refractivity contribution in [3.05, 3.63) is 35.4 Å². The van der Waals surface area contributed by atoms with Gasteiger partial charge in [0.15, 0.2) is 0 Å². The number of nitrogens with one attached hydrogen (secondary N) is 2. The van der Waals surface area contributed by atoms with E-state index in [4.69, 9.17) is 0 Å². The van der Waals surface area contributed by atoms with Crippen LogP contribution in [-0.2, 0) is 11.2 Å². The van der Waals surface area contributed by atoms with Crippen molar-refractivity contribution in [2.24, 2.45) is 0 Å². The molecule has 17 heavy (non-hydrogen) atoms. The number of amides is 2. The highest BCUT2D eigenvalue weighted by molar-refractivity contribution is 5.95. The fourth-order valence-electron chi connectivity index (χ4n) is 1.38. The summed E-state index contributed by atoms with van der Waals surface area (Å²) in [4.78, 5) is 22.8. The Labute approximate surface area is 101 Å². The van der Waals surface area contributed by atoms with Crippen molar-refractivity contribution < 1.29 is 9.59 Å². The maximum atomic E-state index is 11.6. The van der Waals surface area contributed by atoms with Crippen molar-refractivity contribution in [1.29, 1.82) is 0 Å². The third kappa shape index (κ3) is 4.26. The van der Waals surface area contributed by atoms with Gasteiger partial charge in [-0.1, -0.05) is 26.0 Å². The van der Waals surface area contributed by atoms with Crippen molar-refractivity contribution in [3.63, 3.8) is 0 Å². The minimum absolute atomic E-state index is 0.175. The van der Waals surface area contributed by atoms with E-state index in [1.165, 1.54) is 5.56 Å². The van der Waals surface area contributed by atoms with Gasteiger partial charge in [0.25, 0.3) is 5.91 Å². The summed E-state index contributed by atoms with van der Waals surface area (Å²) in [6, 6.07) is 7.31. The topological polar surface area (TPSA) is 58.2 Å². The monoisotopic (exact) mass is 234 g/mol. The van der Waals surface area contributed by atoms with Crippen LogP contribution < -0.4 is 10.9 Å². The van der Waals surface area contributed by atoms with Crippen molar-refractivity contribution in [2.75, 3.05) is 0 Å². The van der Waals surface area contributed by atoms with Gasteiger partial charge >= 0.3 is 0 Å². The van der Waals surface area contributed by atoms with Gasteiger partial charge in [0.1, 0.15) is 0 Å². The average Bonchev–Trinajstić information content (AvgIpc) is 2.36. The third-order valence-electron chi connectivity index (χ3n) is 2.42. The molecule has 0 heterocycles. The van der Waals surface area contributed by atoms with Crippen LogP contribution in [0.5, 0.6) is 0 Å². The van der Waals surface area contributed by atoms with Crippen LogP contribution in [0.15, 0.2) is 24.3 Å². The first-order valence-corrected chi connectivity index (χ1v) is 5.85. The van der Waals surface area contributed by atoms with Gasteiger partial charge < -0.3 is 0 Å². The maximum Gasteiger partial charge on any atom is 0.269 e. The Morgan fingerprint density at radius 3 is 2.24 bits per heavy atom. The van der Waals surface area contributed by atoms with E-state index in [1.54, 1.807) is 12.1 Å². The van der Waals surface area contributed by atoms with Gasteiger partial charge in [-0.25, -0.2) is 0 Å². The molecule has 0 atom stereocenters. The maximum absolute atomic E-state index is 11.6. The standard InChI is InChI=1S/C13H18N2O2/c1-3-5-12(16)14-15-13(17)11-8-6-10(4-2)7-9-11/h6-9H,3-5H2,1-2H3,(H,14,16)(H,15,17). The number of hydrazine groups is 1. The lowest BCUT2D eigenvalue weighted by Crippen LogP contribution is -2.41. The first-order chi connectivity index (χ1) is 8.17. The molecule has 0 aliphatic rings. The molecule has 4 nitrogen and oxygen atoms in total. The summed E-state index contributed by atoms with van der Waals surface area (Å²) in [5.41, 5.74) is 6.47. The van der Waals surface area contributed by atoms with Crippen molar-refractivity contribution in [2.45, 2.75) is 33.1 Å². The molecule has 0 saturated heterocycles. The third-order valence-corrected chi connectivity index (χ3v) is 2.42. The van der Waals surface area contributed by atoms with E-state index < -0.39 is 0 Å². The molecule has 1 aromatic carbocycles. The first kappa shape index (κ1) is 13.2. The van der Waals surface area contributed by atoms with Gasteiger partial charge in [-0.2, -0.15) is 0 Å². The fraction of sp³-hybridized carbons (Fsp3) is 0.385. The summed E-state index contributed by atoms with van der Waals surface area (Å²) in [7, 11) is 0. The Hall–Kier alpha value is -1.84. The van der Waals surface area contributed by atoms with E-state index in [1.807, 2.05) is 19.1 Å². The first-order valence-electron chi connectivity index (χ1n) is 5.85. The molecular weight excluding hydrogens is 216 g/mol. The van der Waals surface area contributed by atoms with Crippen molar-refractivity contribution >= 4 is 11.8 Å². The molecule has 0 saturated carbocycles. The van der Waals surface area contributed by atoms with Crippen LogP contribution >= 0.6 is 0 Å². The molecule has 0 fully saturated rings. The van der Waals surface area contributed by atoms with E-state index in [0.717, 1.165) is 12.8 Å². The van der Waals surface area contributed by atoms with Crippen LogP contribution in [0, 0.1) is 0 Å². The second-order valence-electron chi connectivity index (χ2n) is 3.80. The zero-order chi connectivity index (χ0) is 12.7. The Balaban J connectivity index is 2.49. The van der Waals surface area contributed by atoms with Crippen LogP contribution in [-0.4, -0.2) is 11.8 Å². The highest BCUT2D eigenvalue weighted by Gasteiger charge is 2.06. The van der Waals surface area contributed by atoms with E-state index in [0.29, 0.717) is 12.0 Å². The van der Waals surface area contributed by atoms with Crippen LogP contribution in [0.3, 0.4) is 0 Å². The number of hydrogen-bond acceptors (Lipinski definition) is 2. The Morgan fingerprint density at radius 2 is 1.71 bits per heavy atom. The highest BCUT2D eigenvalue weighted by atomic mass is 16.2. The van der Waals surface area contributed by atoms with Gasteiger partial charge in [0, 0.05) is 12.0 Å². The second-order valence-corrected chi connectivity index (χ2v) is 3.80. The zero-order valence-electron chi connectivity index (χ0n) is 10.2. The number of aryl methyl sites for hydroxylation is 1. The van der Waals surface area contributed by atoms with Crippen LogP contribution in [0.1, 0.15) is 42.6 Å². The summed E-state index contributed by atoms with van der Waals surface area (Å²) in [5.74, 6) is -0.469. The number of benzene rings is 1. The van der Waals surface area contributed by atoms with E-state index in [9.17, 15) is 9.59 Å². The minimum atomic E-state index is -0.294. The van der Waals surface area contributed by atoms with Gasteiger partial charge in [-0.15, -0.1) is 0 Å². The zero-order valence-corrected chi connectivity index (χ0v) is 10.2. The summed E-state index contributed by atoms with van der Waals surface area (Å²) in [6.45, 7) is 3.96. The molecule has 1 rings (SSSR count). The molecule has 0 aliphatic carbocycles. The summed E-state index contributed by atoms with van der Waals surface area (Å²) < 4.78 is 0. The SMILES string of the molecule is CCCC(=O)NNC(=O)c1ccc(CC)cc1. The fourth-order valence-corrected chi connectivity index (χ4v) is 1.38. The van der Waals surface area contributed by atoms with E-state index in [-0.39, 0.29) is 11.8 Å². The van der Waals surface area contributed by atoms with Crippen LogP contribution in [0.25, 0.3) is 0 Å². The Morgan fingerprint density at radius 1 is 1.06 bits per heavy atom. The lowest BCUT2D eigenvalue weighted by atomic mass is 10.1. The minimum Gasteiger partial charge on any atom is -0.273 e. The molecule has 0 aromatic heterocycles. The normalized spacial score (nSPS) is 9.76. The summed E-state index contributed by atoms with van der Waals surface area (Å²) in [5, 5.41) is 0. The lowest BCUT2D eigenvalue weighted by molar-refractivity contribution is -0.121. The number of carbonyl (C=O) groups excluding carboxylic acids is 2. The van der Waals surface area contributed by atoms with Gasteiger partial charge in [0.2, 0.25) is 5.91 Å². The van der Waals surface area contributed by atoms with Gasteiger partial charge in [-0.3, -0.25) is 20.4 Å². The van der Waals surface area contributed by atoms with Crippen molar-refractivity contribution in [1.82, 2.24) is 10.9 Å². The van der Waals surface area contributed by atoms with Gasteiger partial charge in [0.05, 0.1) is 0 Å². The molecule has 0 radical (unpaired) electrons. The molecule has 4 heteroatoms. The smallest absolute Gasteiger partial charge is 0.269 e. The molecule has 0 aliphatic heterocycles. The molecule has 0 bridgehead atoms. The van der Waals surface area contributed by atoms with Crippen LogP contribution in [0.2, 0.25) is 0 Å². The quantitative estimate of drug-likeness (QED) is 0.781. The molecule has 92 valence electrons. The largest absolute Gasteiger partial charge is 0.273 e. The average molecular weight is 234 g/mol. The van der Waals surface area contributed by atoms with Crippen molar-refractivity contribution in [3.8, 4) is 0 Å². The number of hydrogen-bond donors (Lipinski definition) is 2. The molecule has 2 amide bonds. The Bertz CT molecular complexity index is 385.